The van der Waals surface area contributed by atoms with E-state index in [0.717, 1.165) is 23.8 Å². The fraction of sp³-hybridized carbons (Fsp3) is 0.579. The molecule has 2 unspecified atom stereocenters. The Morgan fingerprint density at radius 1 is 1.38 bits per heavy atom. The zero-order valence-electron chi connectivity index (χ0n) is 17.0. The third-order valence-electron chi connectivity index (χ3n) is 4.73. The van der Waals surface area contributed by atoms with Gasteiger partial charge in [-0.25, -0.2) is 0 Å². The molecule has 0 spiro atoms. The molecule has 144 valence electrons. The van der Waals surface area contributed by atoms with Crippen molar-refractivity contribution in [2.24, 2.45) is 12.0 Å². The van der Waals surface area contributed by atoms with Gasteiger partial charge in [-0.1, -0.05) is 0 Å². The summed E-state index contributed by atoms with van der Waals surface area (Å²) in [7, 11) is 7.86. The van der Waals surface area contributed by atoms with E-state index < -0.39 is 0 Å². The summed E-state index contributed by atoms with van der Waals surface area (Å²) in [6.07, 6.45) is 2.61. The zero-order chi connectivity index (χ0) is 19.3. The van der Waals surface area contributed by atoms with Crippen LogP contribution >= 0.6 is 0 Å². The minimum Gasteiger partial charge on any atom is -0.468 e. The summed E-state index contributed by atoms with van der Waals surface area (Å²) >= 11 is 0. The van der Waals surface area contributed by atoms with E-state index >= 15 is 0 Å². The summed E-state index contributed by atoms with van der Waals surface area (Å²) in [5.41, 5.74) is 3.60. The maximum Gasteiger partial charge on any atom is 0.191 e. The number of aliphatic imine (C=N–C) groups is 1. The molecule has 2 rings (SSSR count). The van der Waals surface area contributed by atoms with E-state index in [1.54, 1.807) is 13.3 Å². The van der Waals surface area contributed by atoms with E-state index in [1.807, 2.05) is 38.0 Å². The molecule has 0 saturated heterocycles. The first-order valence-corrected chi connectivity index (χ1v) is 8.99. The molecular formula is C19H32N6O. The highest BCUT2D eigenvalue weighted by Gasteiger charge is 2.18. The van der Waals surface area contributed by atoms with E-state index in [4.69, 9.17) is 4.42 Å². The Balaban J connectivity index is 1.94. The van der Waals surface area contributed by atoms with Crippen molar-refractivity contribution in [1.29, 1.82) is 0 Å². The molecule has 2 aromatic rings. The third-order valence-corrected chi connectivity index (χ3v) is 4.73. The van der Waals surface area contributed by atoms with Gasteiger partial charge in [-0.3, -0.25) is 14.6 Å². The van der Waals surface area contributed by atoms with Crippen molar-refractivity contribution in [1.82, 2.24) is 25.3 Å². The minimum absolute atomic E-state index is 0.140. The molecule has 26 heavy (non-hydrogen) atoms. The molecule has 0 bridgehead atoms. The van der Waals surface area contributed by atoms with Gasteiger partial charge in [0, 0.05) is 32.4 Å². The minimum atomic E-state index is 0.140. The van der Waals surface area contributed by atoms with Gasteiger partial charge in [0.15, 0.2) is 5.96 Å². The van der Waals surface area contributed by atoms with Gasteiger partial charge in [0.05, 0.1) is 18.0 Å². The lowest BCUT2D eigenvalue weighted by molar-refractivity contribution is 0.258. The first kappa shape index (κ1) is 20.0. The van der Waals surface area contributed by atoms with Gasteiger partial charge in [-0.05, 0) is 59.0 Å². The van der Waals surface area contributed by atoms with E-state index in [1.165, 1.54) is 11.3 Å². The van der Waals surface area contributed by atoms with Crippen LogP contribution < -0.4 is 10.6 Å². The number of hydrogen-bond acceptors (Lipinski definition) is 4. The van der Waals surface area contributed by atoms with E-state index in [-0.39, 0.29) is 12.1 Å². The van der Waals surface area contributed by atoms with Crippen LogP contribution in [0.5, 0.6) is 0 Å². The predicted octanol–water partition coefficient (Wildman–Crippen LogP) is 2.03. The second-order valence-corrected chi connectivity index (χ2v) is 6.97. The van der Waals surface area contributed by atoms with Crippen molar-refractivity contribution in [2.75, 3.05) is 27.7 Å². The highest BCUT2D eigenvalue weighted by Crippen LogP contribution is 2.17. The van der Waals surface area contributed by atoms with Crippen LogP contribution in [0.15, 0.2) is 27.8 Å². The molecule has 7 heteroatoms. The highest BCUT2D eigenvalue weighted by molar-refractivity contribution is 5.80. The molecule has 0 aliphatic heterocycles. The van der Waals surface area contributed by atoms with Crippen molar-refractivity contribution in [3.63, 3.8) is 0 Å². The predicted molar refractivity (Wildman–Crippen MR) is 105 cm³/mol. The van der Waals surface area contributed by atoms with Crippen LogP contribution in [0, 0.1) is 13.8 Å². The monoisotopic (exact) mass is 360 g/mol. The largest absolute Gasteiger partial charge is 0.468 e. The number of furan rings is 1. The normalized spacial score (nSPS) is 14.5. The molecule has 0 amide bonds. The Morgan fingerprint density at radius 3 is 2.62 bits per heavy atom. The molecule has 0 aliphatic carbocycles. The number of aromatic nitrogens is 2. The summed E-state index contributed by atoms with van der Waals surface area (Å²) < 4.78 is 7.50. The number of nitrogens with zero attached hydrogens (tertiary/aromatic N) is 4. The fourth-order valence-corrected chi connectivity index (χ4v) is 3.11. The second-order valence-electron chi connectivity index (χ2n) is 6.97. The van der Waals surface area contributed by atoms with Crippen LogP contribution in [-0.4, -0.2) is 54.4 Å². The van der Waals surface area contributed by atoms with Gasteiger partial charge in [-0.2, -0.15) is 5.10 Å². The second kappa shape index (κ2) is 8.89. The Labute approximate surface area is 156 Å². The quantitative estimate of drug-likeness (QED) is 0.584. The maximum atomic E-state index is 5.56. The molecule has 0 aromatic carbocycles. The summed E-state index contributed by atoms with van der Waals surface area (Å²) in [6.45, 7) is 7.04. The van der Waals surface area contributed by atoms with Crippen molar-refractivity contribution >= 4 is 5.96 Å². The molecule has 0 fully saturated rings. The molecule has 0 aliphatic rings. The standard InChI is InChI=1S/C19H32N6O/c1-13(11-16-14(2)23-25(7)15(16)3)22-19(20-4)21-12-17(24(5)6)18-9-8-10-26-18/h8-10,13,17H,11-12H2,1-7H3,(H2,20,21,22). The van der Waals surface area contributed by atoms with Gasteiger partial charge in [-0.15, -0.1) is 0 Å². The maximum absolute atomic E-state index is 5.56. The summed E-state index contributed by atoms with van der Waals surface area (Å²) in [5.74, 6) is 1.72. The lowest BCUT2D eigenvalue weighted by Crippen LogP contribution is -2.45. The van der Waals surface area contributed by atoms with Crippen LogP contribution in [0.2, 0.25) is 0 Å². The fourth-order valence-electron chi connectivity index (χ4n) is 3.11. The van der Waals surface area contributed by atoms with Crippen LogP contribution in [0.1, 0.15) is 35.7 Å². The van der Waals surface area contributed by atoms with Crippen molar-refractivity contribution < 1.29 is 4.42 Å². The molecule has 2 aromatic heterocycles. The lowest BCUT2D eigenvalue weighted by atomic mass is 10.1. The lowest BCUT2D eigenvalue weighted by Gasteiger charge is -2.25. The Kier molecular flexibility index (Phi) is 6.85. The van der Waals surface area contributed by atoms with Gasteiger partial charge >= 0.3 is 0 Å². The topological polar surface area (TPSA) is 70.6 Å². The Hall–Kier alpha value is -2.28. The zero-order valence-corrected chi connectivity index (χ0v) is 17.0. The molecule has 7 nitrogen and oxygen atoms in total. The molecule has 0 saturated carbocycles. The third kappa shape index (κ3) is 4.88. The van der Waals surface area contributed by atoms with Crippen LogP contribution in [0.25, 0.3) is 0 Å². The van der Waals surface area contributed by atoms with Crippen LogP contribution in [-0.2, 0) is 13.5 Å². The smallest absolute Gasteiger partial charge is 0.191 e. The van der Waals surface area contributed by atoms with Gasteiger partial charge in [0.1, 0.15) is 5.76 Å². The Morgan fingerprint density at radius 2 is 2.12 bits per heavy atom. The number of rotatable bonds is 7. The molecular weight excluding hydrogens is 328 g/mol. The number of nitrogens with one attached hydrogen (secondary N) is 2. The van der Waals surface area contributed by atoms with Crippen LogP contribution in [0.3, 0.4) is 0 Å². The summed E-state index contributed by atoms with van der Waals surface area (Å²) in [6, 6.07) is 4.30. The Bertz CT molecular complexity index is 717. The van der Waals surface area contributed by atoms with E-state index in [2.05, 4.69) is 46.4 Å². The number of aryl methyl sites for hydroxylation is 2. The first-order chi connectivity index (χ1) is 12.3. The van der Waals surface area contributed by atoms with Crippen molar-refractivity contribution in [2.45, 2.75) is 39.3 Å². The average Bonchev–Trinajstić information content (AvgIpc) is 3.18. The van der Waals surface area contributed by atoms with E-state index in [9.17, 15) is 0 Å². The molecule has 2 atom stereocenters. The molecule has 2 N–H and O–H groups in total. The average molecular weight is 361 g/mol. The number of hydrogen-bond donors (Lipinski definition) is 2. The van der Waals surface area contributed by atoms with E-state index in [0.29, 0.717) is 6.54 Å². The van der Waals surface area contributed by atoms with Gasteiger partial charge in [0.2, 0.25) is 0 Å². The summed E-state index contributed by atoms with van der Waals surface area (Å²) in [4.78, 5) is 6.49. The van der Waals surface area contributed by atoms with Crippen molar-refractivity contribution in [3.05, 3.63) is 41.1 Å². The number of likely N-dealkylation sites (N-methyl/N-ethyl adjacent to an activating group) is 1. The van der Waals surface area contributed by atoms with Gasteiger partial charge in [0.25, 0.3) is 0 Å². The summed E-state index contributed by atoms with van der Waals surface area (Å²) in [5, 5.41) is 11.4. The van der Waals surface area contributed by atoms with Crippen molar-refractivity contribution in [3.8, 4) is 0 Å². The SMILES string of the molecule is CN=C(NCC(c1ccco1)N(C)C)NC(C)Cc1c(C)nn(C)c1C. The molecule has 0 radical (unpaired) electrons. The number of guanidine groups is 1. The molecule has 2 heterocycles. The highest BCUT2D eigenvalue weighted by atomic mass is 16.3. The first-order valence-electron chi connectivity index (χ1n) is 8.99. The van der Waals surface area contributed by atoms with Gasteiger partial charge < -0.3 is 15.1 Å². The van der Waals surface area contributed by atoms with Crippen LogP contribution in [0.4, 0.5) is 0 Å².